The molecule has 1 fully saturated rings. The SMILES string of the molecule is CCS(=O)(=O)c1cc(C(=O)N2CCCCC2)cnc1-c1nc2cc(C(F)(F)F)cnc2n1C. The first-order valence-corrected chi connectivity index (χ1v) is 12.1. The van der Waals surface area contributed by atoms with Crippen LogP contribution in [0.4, 0.5) is 13.2 Å². The quantitative estimate of drug-likeness (QED) is 0.566. The minimum absolute atomic E-state index is 0.0406. The standard InChI is InChI=1S/C21H22F3N5O3S/c1-3-33(31,32)16-9-13(20(30)29-7-5-4-6-8-29)11-25-17(16)19-27-15-10-14(21(22,23)24)12-26-18(15)28(19)2/h9-12H,3-8H2,1-2H3. The monoisotopic (exact) mass is 481 g/mol. The summed E-state index contributed by atoms with van der Waals surface area (Å²) in [5.74, 6) is -0.507. The smallest absolute Gasteiger partial charge is 0.339 e. The van der Waals surface area contributed by atoms with Crippen LogP contribution in [-0.4, -0.2) is 57.6 Å². The van der Waals surface area contributed by atoms with Crippen molar-refractivity contribution in [2.75, 3.05) is 18.8 Å². The summed E-state index contributed by atoms with van der Waals surface area (Å²) in [5, 5.41) is 0. The lowest BCUT2D eigenvalue weighted by molar-refractivity contribution is -0.137. The van der Waals surface area contributed by atoms with Gasteiger partial charge in [0.1, 0.15) is 11.2 Å². The van der Waals surface area contributed by atoms with Crippen molar-refractivity contribution < 1.29 is 26.4 Å². The molecule has 0 radical (unpaired) electrons. The van der Waals surface area contributed by atoms with Crippen LogP contribution < -0.4 is 0 Å². The van der Waals surface area contributed by atoms with Crippen molar-refractivity contribution in [2.45, 2.75) is 37.3 Å². The predicted molar refractivity (Wildman–Crippen MR) is 114 cm³/mol. The number of alkyl halides is 3. The second-order valence-electron chi connectivity index (χ2n) is 7.89. The first-order valence-electron chi connectivity index (χ1n) is 10.4. The molecule has 1 aliphatic rings. The van der Waals surface area contributed by atoms with Gasteiger partial charge in [0, 0.05) is 32.5 Å². The molecule has 1 amide bonds. The van der Waals surface area contributed by atoms with E-state index in [1.165, 1.54) is 30.8 Å². The summed E-state index contributed by atoms with van der Waals surface area (Å²) in [4.78, 5) is 26.7. The Kier molecular flexibility index (Phi) is 5.89. The number of amides is 1. The molecule has 0 N–H and O–H groups in total. The summed E-state index contributed by atoms with van der Waals surface area (Å²) in [6.45, 7) is 2.65. The summed E-state index contributed by atoms with van der Waals surface area (Å²) < 4.78 is 66.4. The van der Waals surface area contributed by atoms with Crippen LogP contribution in [-0.2, 0) is 23.1 Å². The second-order valence-corrected chi connectivity index (χ2v) is 10.1. The first-order chi connectivity index (χ1) is 15.5. The molecular weight excluding hydrogens is 459 g/mol. The van der Waals surface area contributed by atoms with Gasteiger partial charge in [-0.05, 0) is 31.4 Å². The van der Waals surface area contributed by atoms with E-state index in [1.54, 1.807) is 4.90 Å². The van der Waals surface area contributed by atoms with E-state index in [9.17, 15) is 26.4 Å². The molecule has 0 unspecified atom stereocenters. The Bertz CT molecular complexity index is 1330. The average Bonchev–Trinajstić information content (AvgIpc) is 3.14. The molecular formula is C21H22F3N5O3S. The van der Waals surface area contributed by atoms with E-state index in [0.717, 1.165) is 25.3 Å². The fourth-order valence-corrected chi connectivity index (χ4v) is 4.90. The summed E-state index contributed by atoms with van der Waals surface area (Å²) in [5.41, 5.74) is -0.757. The Morgan fingerprint density at radius 3 is 2.42 bits per heavy atom. The Hall–Kier alpha value is -3.02. The van der Waals surface area contributed by atoms with Gasteiger partial charge < -0.3 is 9.47 Å². The van der Waals surface area contributed by atoms with E-state index in [4.69, 9.17) is 0 Å². The molecule has 4 rings (SSSR count). The van der Waals surface area contributed by atoms with Crippen molar-refractivity contribution in [1.82, 2.24) is 24.4 Å². The van der Waals surface area contributed by atoms with Crippen molar-refractivity contribution in [2.24, 2.45) is 7.05 Å². The van der Waals surface area contributed by atoms with Gasteiger partial charge in [-0.1, -0.05) is 6.92 Å². The summed E-state index contributed by atoms with van der Waals surface area (Å²) >= 11 is 0. The highest BCUT2D eigenvalue weighted by molar-refractivity contribution is 7.91. The van der Waals surface area contributed by atoms with E-state index >= 15 is 0 Å². The maximum Gasteiger partial charge on any atom is 0.417 e. The topological polar surface area (TPSA) is 98.1 Å². The fraction of sp³-hybridized carbons (Fsp3) is 0.429. The number of carbonyl (C=O) groups excluding carboxylic acids is 1. The molecule has 3 aromatic rings. The number of carbonyl (C=O) groups is 1. The van der Waals surface area contributed by atoms with Crippen molar-refractivity contribution in [3.8, 4) is 11.5 Å². The number of aromatic nitrogens is 4. The van der Waals surface area contributed by atoms with Crippen LogP contribution in [0.2, 0.25) is 0 Å². The van der Waals surface area contributed by atoms with Crippen LogP contribution in [0.1, 0.15) is 42.1 Å². The Balaban J connectivity index is 1.85. The van der Waals surface area contributed by atoms with Crippen LogP contribution in [0.15, 0.2) is 29.4 Å². The van der Waals surface area contributed by atoms with E-state index in [0.29, 0.717) is 19.3 Å². The number of imidazole rings is 1. The number of pyridine rings is 2. The maximum atomic E-state index is 13.1. The molecule has 12 heteroatoms. The maximum absolute atomic E-state index is 13.1. The summed E-state index contributed by atoms with van der Waals surface area (Å²) in [7, 11) is -2.32. The van der Waals surface area contributed by atoms with E-state index < -0.39 is 21.6 Å². The van der Waals surface area contributed by atoms with Gasteiger partial charge in [0.2, 0.25) is 0 Å². The molecule has 0 aromatic carbocycles. The minimum Gasteiger partial charge on any atom is -0.339 e. The highest BCUT2D eigenvalue weighted by Gasteiger charge is 2.32. The number of nitrogens with zero attached hydrogens (tertiary/aromatic N) is 5. The first kappa shape index (κ1) is 23.1. The average molecular weight is 482 g/mol. The van der Waals surface area contributed by atoms with Crippen LogP contribution in [0, 0.1) is 0 Å². The van der Waals surface area contributed by atoms with E-state index in [-0.39, 0.29) is 44.8 Å². The number of halogens is 3. The molecule has 4 heterocycles. The van der Waals surface area contributed by atoms with Gasteiger partial charge in [0.05, 0.1) is 21.8 Å². The number of fused-ring (bicyclic) bond motifs is 1. The summed E-state index contributed by atoms with van der Waals surface area (Å²) in [6.07, 6.45) is 0.187. The molecule has 0 saturated carbocycles. The number of aryl methyl sites for hydroxylation is 1. The van der Waals surface area contributed by atoms with E-state index in [1.807, 2.05) is 0 Å². The number of rotatable bonds is 4. The summed E-state index contributed by atoms with van der Waals surface area (Å²) in [6, 6.07) is 2.14. The molecule has 1 saturated heterocycles. The van der Waals surface area contributed by atoms with Gasteiger partial charge in [-0.2, -0.15) is 13.2 Å². The lowest BCUT2D eigenvalue weighted by atomic mass is 10.1. The predicted octanol–water partition coefficient (Wildman–Crippen LogP) is 3.47. The van der Waals surface area contributed by atoms with Crippen molar-refractivity contribution in [3.05, 3.63) is 35.7 Å². The van der Waals surface area contributed by atoms with Crippen LogP contribution in [0.25, 0.3) is 22.7 Å². The lowest BCUT2D eigenvalue weighted by Gasteiger charge is -2.26. The minimum atomic E-state index is -4.59. The lowest BCUT2D eigenvalue weighted by Crippen LogP contribution is -2.35. The zero-order chi connectivity index (χ0) is 24.0. The van der Waals surface area contributed by atoms with Gasteiger partial charge in [-0.3, -0.25) is 9.78 Å². The normalized spacial score (nSPS) is 15.2. The highest BCUT2D eigenvalue weighted by atomic mass is 32.2. The molecule has 0 bridgehead atoms. The van der Waals surface area contributed by atoms with Gasteiger partial charge in [-0.25, -0.2) is 18.4 Å². The number of likely N-dealkylation sites (tertiary alicyclic amines) is 1. The number of sulfone groups is 1. The molecule has 33 heavy (non-hydrogen) atoms. The third-order valence-corrected chi connectivity index (χ3v) is 7.45. The zero-order valence-corrected chi connectivity index (χ0v) is 18.9. The van der Waals surface area contributed by atoms with Gasteiger partial charge in [-0.15, -0.1) is 0 Å². The zero-order valence-electron chi connectivity index (χ0n) is 18.1. The number of hydrogen-bond donors (Lipinski definition) is 0. The van der Waals surface area contributed by atoms with Crippen LogP contribution in [0.5, 0.6) is 0 Å². The largest absolute Gasteiger partial charge is 0.417 e. The Morgan fingerprint density at radius 2 is 1.79 bits per heavy atom. The van der Waals surface area contributed by atoms with Crippen LogP contribution >= 0.6 is 0 Å². The third kappa shape index (κ3) is 4.31. The molecule has 0 spiro atoms. The second kappa shape index (κ2) is 8.40. The van der Waals surface area contributed by atoms with E-state index in [2.05, 4.69) is 15.0 Å². The van der Waals surface area contributed by atoms with Crippen molar-refractivity contribution >= 4 is 26.9 Å². The number of hydrogen-bond acceptors (Lipinski definition) is 6. The van der Waals surface area contributed by atoms with Crippen molar-refractivity contribution in [1.29, 1.82) is 0 Å². The molecule has 0 aliphatic carbocycles. The Labute approximate surface area is 188 Å². The van der Waals surface area contributed by atoms with Crippen LogP contribution in [0.3, 0.4) is 0 Å². The number of piperidine rings is 1. The molecule has 176 valence electrons. The van der Waals surface area contributed by atoms with Crippen molar-refractivity contribution in [3.63, 3.8) is 0 Å². The van der Waals surface area contributed by atoms with Gasteiger partial charge >= 0.3 is 6.18 Å². The molecule has 3 aromatic heterocycles. The molecule has 0 atom stereocenters. The highest BCUT2D eigenvalue weighted by Crippen LogP contribution is 2.33. The molecule has 1 aliphatic heterocycles. The third-order valence-electron chi connectivity index (χ3n) is 5.71. The fourth-order valence-electron chi connectivity index (χ4n) is 3.84. The molecule has 8 nitrogen and oxygen atoms in total. The van der Waals surface area contributed by atoms with Gasteiger partial charge in [0.15, 0.2) is 21.3 Å². The Morgan fingerprint density at radius 1 is 1.09 bits per heavy atom. The van der Waals surface area contributed by atoms with Gasteiger partial charge in [0.25, 0.3) is 5.91 Å².